The van der Waals surface area contributed by atoms with E-state index in [9.17, 15) is 13.2 Å². The van der Waals surface area contributed by atoms with Crippen LogP contribution in [0.2, 0.25) is 10.3 Å². The monoisotopic (exact) mass is 438 g/mol. The summed E-state index contributed by atoms with van der Waals surface area (Å²) in [6.45, 7) is 1.74. The highest BCUT2D eigenvalue weighted by molar-refractivity contribution is 6.33. The van der Waals surface area contributed by atoms with E-state index in [-0.39, 0.29) is 29.1 Å². The summed E-state index contributed by atoms with van der Waals surface area (Å²) in [6, 6.07) is 2.30. The van der Waals surface area contributed by atoms with Crippen molar-refractivity contribution >= 4 is 28.8 Å². The van der Waals surface area contributed by atoms with Crippen LogP contribution in [0, 0.1) is 17.5 Å². The summed E-state index contributed by atoms with van der Waals surface area (Å²) in [5, 5.41) is 3.10. The molecule has 3 heterocycles. The molecule has 0 aliphatic carbocycles. The summed E-state index contributed by atoms with van der Waals surface area (Å²) in [6.07, 6.45) is 3.04. The topological polar surface area (TPSA) is 68.9 Å². The number of fused-ring (bicyclic) bond motifs is 1. The van der Waals surface area contributed by atoms with Crippen LogP contribution in [0.5, 0.6) is 0 Å². The molecule has 0 amide bonds. The van der Waals surface area contributed by atoms with Crippen molar-refractivity contribution in [3.05, 3.63) is 69.2 Å². The second-order valence-corrected chi connectivity index (χ2v) is 6.83. The minimum Gasteiger partial charge on any atom is -0.244 e. The molecule has 11 heteroatoms. The zero-order valence-corrected chi connectivity index (χ0v) is 16.3. The molecule has 148 valence electrons. The van der Waals surface area contributed by atoms with Gasteiger partial charge in [0.2, 0.25) is 0 Å². The van der Waals surface area contributed by atoms with Crippen molar-refractivity contribution in [2.75, 3.05) is 0 Å². The number of aryl methyl sites for hydroxylation is 1. The van der Waals surface area contributed by atoms with Gasteiger partial charge in [-0.3, -0.25) is 0 Å². The molecular formula is C18H11Cl2F3N6. The number of nitrogens with zero attached hydrogens (tertiary/aromatic N) is 6. The lowest BCUT2D eigenvalue weighted by Crippen LogP contribution is -2.06. The molecule has 4 rings (SSSR count). The van der Waals surface area contributed by atoms with E-state index in [1.165, 1.54) is 17.0 Å². The van der Waals surface area contributed by atoms with Crippen molar-refractivity contribution in [3.8, 4) is 11.5 Å². The van der Waals surface area contributed by atoms with Crippen LogP contribution in [0.25, 0.3) is 17.2 Å². The standard InChI is InChI=1S/C18H11Cl2F3N6/c1-2-8-3-11(22)9(4-10(8)21)5-12-18-24-7-25-29(18)6-13(26-12)17-27-15(19)14(23)16(20)28-17/h3-4,6-7H,2,5H2,1H3. The molecule has 0 N–H and O–H groups in total. The molecule has 0 saturated heterocycles. The molecule has 0 unspecified atom stereocenters. The Balaban J connectivity index is 1.84. The molecule has 0 aliphatic rings. The largest absolute Gasteiger partial charge is 0.244 e. The molecule has 0 fully saturated rings. The summed E-state index contributed by atoms with van der Waals surface area (Å²) in [5.41, 5.74) is 1.18. The minimum absolute atomic E-state index is 0.0481. The molecular weight excluding hydrogens is 428 g/mol. The SMILES string of the molecule is CCc1cc(F)c(Cc2nc(-c3nc(Cl)c(F)c(Cl)n3)cn3ncnc23)cc1F. The van der Waals surface area contributed by atoms with Crippen LogP contribution < -0.4 is 0 Å². The van der Waals surface area contributed by atoms with Crippen molar-refractivity contribution < 1.29 is 13.2 Å². The highest BCUT2D eigenvalue weighted by atomic mass is 35.5. The Morgan fingerprint density at radius 1 is 0.966 bits per heavy atom. The highest BCUT2D eigenvalue weighted by Crippen LogP contribution is 2.25. The molecule has 0 bridgehead atoms. The second kappa shape index (κ2) is 7.57. The van der Waals surface area contributed by atoms with E-state index in [0.717, 1.165) is 12.1 Å². The molecule has 4 aromatic rings. The van der Waals surface area contributed by atoms with Gasteiger partial charge in [-0.1, -0.05) is 30.1 Å². The first kappa shape index (κ1) is 19.5. The Labute approximate surface area is 172 Å². The number of halogens is 5. The van der Waals surface area contributed by atoms with Crippen LogP contribution in [0.3, 0.4) is 0 Å². The molecule has 0 radical (unpaired) electrons. The quantitative estimate of drug-likeness (QED) is 0.440. The first-order chi connectivity index (χ1) is 13.9. The number of aromatic nitrogens is 6. The Bertz CT molecular complexity index is 1220. The van der Waals surface area contributed by atoms with E-state index in [1.807, 2.05) is 0 Å². The van der Waals surface area contributed by atoms with Crippen LogP contribution in [0.4, 0.5) is 13.2 Å². The lowest BCUT2D eigenvalue weighted by Gasteiger charge is -2.09. The second-order valence-electron chi connectivity index (χ2n) is 6.11. The van der Waals surface area contributed by atoms with Crippen LogP contribution in [-0.2, 0) is 12.8 Å². The third kappa shape index (κ3) is 3.63. The summed E-state index contributed by atoms with van der Waals surface area (Å²) in [4.78, 5) is 16.2. The van der Waals surface area contributed by atoms with Gasteiger partial charge in [0.15, 0.2) is 27.6 Å². The Morgan fingerprint density at radius 3 is 2.31 bits per heavy atom. The van der Waals surface area contributed by atoms with E-state index in [0.29, 0.717) is 17.8 Å². The van der Waals surface area contributed by atoms with E-state index in [4.69, 9.17) is 23.2 Å². The smallest absolute Gasteiger partial charge is 0.197 e. The van der Waals surface area contributed by atoms with Crippen molar-refractivity contribution in [1.82, 2.24) is 29.5 Å². The molecule has 0 atom stereocenters. The predicted molar refractivity (Wildman–Crippen MR) is 100 cm³/mol. The summed E-state index contributed by atoms with van der Waals surface area (Å²) >= 11 is 11.5. The van der Waals surface area contributed by atoms with Gasteiger partial charge < -0.3 is 0 Å². The lowest BCUT2D eigenvalue weighted by molar-refractivity contribution is 0.576. The Hall–Kier alpha value is -2.78. The van der Waals surface area contributed by atoms with Gasteiger partial charge >= 0.3 is 0 Å². The van der Waals surface area contributed by atoms with Crippen LogP contribution in [0.15, 0.2) is 24.7 Å². The third-order valence-electron chi connectivity index (χ3n) is 4.28. The number of hydrogen-bond donors (Lipinski definition) is 0. The highest BCUT2D eigenvalue weighted by Gasteiger charge is 2.18. The Kier molecular flexibility index (Phi) is 5.10. The average molecular weight is 439 g/mol. The van der Waals surface area contributed by atoms with Gasteiger partial charge in [-0.25, -0.2) is 37.6 Å². The molecule has 0 aliphatic heterocycles. The summed E-state index contributed by atoms with van der Waals surface area (Å²) in [7, 11) is 0. The molecule has 0 saturated carbocycles. The number of benzene rings is 1. The van der Waals surface area contributed by atoms with Gasteiger partial charge in [-0.15, -0.1) is 0 Å². The van der Waals surface area contributed by atoms with Gasteiger partial charge in [-0.05, 0) is 29.7 Å². The van der Waals surface area contributed by atoms with Gasteiger partial charge in [0.05, 0.1) is 11.9 Å². The fraction of sp³-hybridized carbons (Fsp3) is 0.167. The normalized spacial score (nSPS) is 11.4. The summed E-state index contributed by atoms with van der Waals surface area (Å²) in [5.74, 6) is -2.06. The van der Waals surface area contributed by atoms with Gasteiger partial charge in [0, 0.05) is 6.42 Å². The molecule has 6 nitrogen and oxygen atoms in total. The first-order valence-corrected chi connectivity index (χ1v) is 9.18. The maximum atomic E-state index is 14.5. The van der Waals surface area contributed by atoms with Gasteiger partial charge in [0.25, 0.3) is 0 Å². The van der Waals surface area contributed by atoms with E-state index >= 15 is 0 Å². The zero-order chi connectivity index (χ0) is 20.7. The van der Waals surface area contributed by atoms with Crippen LogP contribution >= 0.6 is 23.2 Å². The van der Waals surface area contributed by atoms with Crippen LogP contribution in [-0.4, -0.2) is 29.5 Å². The van der Waals surface area contributed by atoms with Crippen molar-refractivity contribution in [3.63, 3.8) is 0 Å². The third-order valence-corrected chi connectivity index (χ3v) is 4.79. The molecule has 1 aromatic carbocycles. The molecule has 3 aromatic heterocycles. The maximum absolute atomic E-state index is 14.5. The van der Waals surface area contributed by atoms with Gasteiger partial charge in [0.1, 0.15) is 23.7 Å². The van der Waals surface area contributed by atoms with E-state index < -0.39 is 27.8 Å². The Morgan fingerprint density at radius 2 is 1.62 bits per heavy atom. The van der Waals surface area contributed by atoms with Crippen LogP contribution in [0.1, 0.15) is 23.7 Å². The lowest BCUT2D eigenvalue weighted by atomic mass is 10.0. The number of rotatable bonds is 4. The molecule has 0 spiro atoms. The minimum atomic E-state index is -0.951. The molecule has 29 heavy (non-hydrogen) atoms. The van der Waals surface area contributed by atoms with E-state index in [2.05, 4.69) is 25.0 Å². The fourth-order valence-corrected chi connectivity index (χ4v) is 3.23. The summed E-state index contributed by atoms with van der Waals surface area (Å²) < 4.78 is 43.6. The van der Waals surface area contributed by atoms with Crippen molar-refractivity contribution in [1.29, 1.82) is 0 Å². The zero-order valence-electron chi connectivity index (χ0n) is 14.8. The fourth-order valence-electron chi connectivity index (χ4n) is 2.84. The van der Waals surface area contributed by atoms with Crippen molar-refractivity contribution in [2.45, 2.75) is 19.8 Å². The number of hydrogen-bond acceptors (Lipinski definition) is 5. The maximum Gasteiger partial charge on any atom is 0.197 e. The predicted octanol–water partition coefficient (Wildman–Crippen LogP) is 4.46. The van der Waals surface area contributed by atoms with Crippen molar-refractivity contribution in [2.24, 2.45) is 0 Å². The van der Waals surface area contributed by atoms with Gasteiger partial charge in [-0.2, -0.15) is 5.10 Å². The van der Waals surface area contributed by atoms with E-state index in [1.54, 1.807) is 6.92 Å². The first-order valence-electron chi connectivity index (χ1n) is 8.42. The average Bonchev–Trinajstić information content (AvgIpc) is 3.17.